The average molecular weight is 193 g/mol. The summed E-state index contributed by atoms with van der Waals surface area (Å²) in [6.45, 7) is 3.72. The number of sulfone groups is 1. The SMILES string of the molecule is CCCC(N)CCS(=O)(=O)CC. The van der Waals surface area contributed by atoms with Gasteiger partial charge in [-0.25, -0.2) is 8.42 Å². The first kappa shape index (κ1) is 11.9. The van der Waals surface area contributed by atoms with Crippen molar-refractivity contribution in [3.8, 4) is 0 Å². The molecule has 0 heterocycles. The van der Waals surface area contributed by atoms with Crippen LogP contribution in [0.3, 0.4) is 0 Å². The van der Waals surface area contributed by atoms with E-state index < -0.39 is 9.84 Å². The Kier molecular flexibility index (Phi) is 5.50. The molecule has 2 N–H and O–H groups in total. The number of rotatable bonds is 6. The monoisotopic (exact) mass is 193 g/mol. The van der Waals surface area contributed by atoms with Crippen LogP contribution in [0.4, 0.5) is 0 Å². The van der Waals surface area contributed by atoms with Crippen molar-refractivity contribution in [3.63, 3.8) is 0 Å². The minimum absolute atomic E-state index is 0.0522. The summed E-state index contributed by atoms with van der Waals surface area (Å²) >= 11 is 0. The Morgan fingerprint density at radius 1 is 1.25 bits per heavy atom. The molecule has 0 saturated heterocycles. The third kappa shape index (κ3) is 5.55. The Morgan fingerprint density at radius 2 is 1.83 bits per heavy atom. The Balaban J connectivity index is 3.68. The predicted molar refractivity (Wildman–Crippen MR) is 51.8 cm³/mol. The lowest BCUT2D eigenvalue weighted by molar-refractivity contribution is 0.563. The van der Waals surface area contributed by atoms with Crippen LogP contribution < -0.4 is 5.73 Å². The molecule has 0 saturated carbocycles. The van der Waals surface area contributed by atoms with Gasteiger partial charge in [0.1, 0.15) is 9.84 Å². The fraction of sp³-hybridized carbons (Fsp3) is 1.00. The zero-order chi connectivity index (χ0) is 9.61. The molecule has 0 radical (unpaired) electrons. The van der Waals surface area contributed by atoms with E-state index in [1.54, 1.807) is 6.92 Å². The summed E-state index contributed by atoms with van der Waals surface area (Å²) in [6, 6.07) is 0.0522. The van der Waals surface area contributed by atoms with Crippen molar-refractivity contribution in [3.05, 3.63) is 0 Å². The average Bonchev–Trinajstić information content (AvgIpc) is 2.02. The predicted octanol–water partition coefficient (Wildman–Crippen LogP) is 0.939. The third-order valence-corrected chi connectivity index (χ3v) is 3.64. The van der Waals surface area contributed by atoms with Crippen molar-refractivity contribution < 1.29 is 8.42 Å². The van der Waals surface area contributed by atoms with E-state index in [4.69, 9.17) is 5.73 Å². The van der Waals surface area contributed by atoms with Crippen LogP contribution in [0.15, 0.2) is 0 Å². The van der Waals surface area contributed by atoms with E-state index in [2.05, 4.69) is 0 Å². The molecule has 0 aromatic heterocycles. The van der Waals surface area contributed by atoms with Crippen LogP contribution in [0.25, 0.3) is 0 Å². The molecule has 0 amide bonds. The van der Waals surface area contributed by atoms with Gasteiger partial charge in [0.25, 0.3) is 0 Å². The maximum atomic E-state index is 11.1. The van der Waals surface area contributed by atoms with Crippen molar-refractivity contribution in [1.29, 1.82) is 0 Å². The van der Waals surface area contributed by atoms with Crippen LogP contribution in [0.5, 0.6) is 0 Å². The van der Waals surface area contributed by atoms with Crippen LogP contribution in [0.2, 0.25) is 0 Å². The molecule has 0 aliphatic carbocycles. The molecule has 1 unspecified atom stereocenters. The van der Waals surface area contributed by atoms with E-state index in [0.29, 0.717) is 6.42 Å². The first-order chi connectivity index (χ1) is 5.52. The second kappa shape index (κ2) is 5.54. The van der Waals surface area contributed by atoms with Gasteiger partial charge in [-0.3, -0.25) is 0 Å². The highest BCUT2D eigenvalue weighted by Crippen LogP contribution is 2.01. The third-order valence-electron chi connectivity index (χ3n) is 1.90. The van der Waals surface area contributed by atoms with E-state index >= 15 is 0 Å². The fourth-order valence-corrected chi connectivity index (χ4v) is 1.94. The summed E-state index contributed by atoms with van der Waals surface area (Å²) in [5.74, 6) is 0.469. The molecule has 3 nitrogen and oxygen atoms in total. The molecule has 0 spiro atoms. The van der Waals surface area contributed by atoms with Crippen LogP contribution in [-0.4, -0.2) is 26.0 Å². The molecule has 12 heavy (non-hydrogen) atoms. The van der Waals surface area contributed by atoms with E-state index in [0.717, 1.165) is 12.8 Å². The summed E-state index contributed by atoms with van der Waals surface area (Å²) in [5, 5.41) is 0. The molecule has 0 aromatic rings. The van der Waals surface area contributed by atoms with Gasteiger partial charge in [0, 0.05) is 11.8 Å². The fourth-order valence-electron chi connectivity index (χ4n) is 0.990. The summed E-state index contributed by atoms with van der Waals surface area (Å²) in [6.07, 6.45) is 2.54. The highest BCUT2D eigenvalue weighted by molar-refractivity contribution is 7.91. The van der Waals surface area contributed by atoms with Gasteiger partial charge in [0.05, 0.1) is 5.75 Å². The minimum Gasteiger partial charge on any atom is -0.328 e. The number of hydrogen-bond donors (Lipinski definition) is 1. The summed E-state index contributed by atoms with van der Waals surface area (Å²) in [7, 11) is -2.81. The molecule has 0 fully saturated rings. The lowest BCUT2D eigenvalue weighted by Crippen LogP contribution is -2.24. The molecular formula is C8H19NO2S. The maximum Gasteiger partial charge on any atom is 0.150 e. The van der Waals surface area contributed by atoms with E-state index in [1.165, 1.54) is 0 Å². The van der Waals surface area contributed by atoms with Gasteiger partial charge in [0.15, 0.2) is 0 Å². The van der Waals surface area contributed by atoms with Gasteiger partial charge < -0.3 is 5.73 Å². The van der Waals surface area contributed by atoms with Crippen LogP contribution in [0, 0.1) is 0 Å². The number of hydrogen-bond acceptors (Lipinski definition) is 3. The quantitative estimate of drug-likeness (QED) is 0.683. The molecule has 0 aliphatic rings. The number of nitrogens with two attached hydrogens (primary N) is 1. The van der Waals surface area contributed by atoms with Gasteiger partial charge in [-0.1, -0.05) is 20.3 Å². The van der Waals surface area contributed by atoms with Crippen LogP contribution >= 0.6 is 0 Å². The van der Waals surface area contributed by atoms with Crippen molar-refractivity contribution in [2.75, 3.05) is 11.5 Å². The molecule has 0 rings (SSSR count). The van der Waals surface area contributed by atoms with E-state index in [-0.39, 0.29) is 17.5 Å². The Morgan fingerprint density at radius 3 is 2.25 bits per heavy atom. The molecular weight excluding hydrogens is 174 g/mol. The van der Waals surface area contributed by atoms with Crippen molar-refractivity contribution in [1.82, 2.24) is 0 Å². The second-order valence-corrected chi connectivity index (χ2v) is 5.55. The first-order valence-electron chi connectivity index (χ1n) is 4.47. The van der Waals surface area contributed by atoms with E-state index in [9.17, 15) is 8.42 Å². The molecule has 74 valence electrons. The normalized spacial score (nSPS) is 14.6. The highest BCUT2D eigenvalue weighted by Gasteiger charge is 2.09. The van der Waals surface area contributed by atoms with Gasteiger partial charge in [-0.15, -0.1) is 0 Å². The van der Waals surface area contributed by atoms with Gasteiger partial charge in [-0.2, -0.15) is 0 Å². The van der Waals surface area contributed by atoms with E-state index in [1.807, 2.05) is 6.92 Å². The molecule has 4 heteroatoms. The molecule has 0 aliphatic heterocycles. The first-order valence-corrected chi connectivity index (χ1v) is 6.30. The second-order valence-electron chi connectivity index (χ2n) is 3.07. The van der Waals surface area contributed by atoms with Crippen molar-refractivity contribution >= 4 is 9.84 Å². The molecule has 1 atom stereocenters. The standard InChI is InChI=1S/C8H19NO2S/c1-3-5-8(9)6-7-12(10,11)4-2/h8H,3-7,9H2,1-2H3. The maximum absolute atomic E-state index is 11.1. The summed E-state index contributed by atoms with van der Waals surface area (Å²) in [4.78, 5) is 0. The van der Waals surface area contributed by atoms with Crippen LogP contribution in [0.1, 0.15) is 33.1 Å². The largest absolute Gasteiger partial charge is 0.328 e. The molecule has 0 bridgehead atoms. The molecule has 0 aromatic carbocycles. The lowest BCUT2D eigenvalue weighted by atomic mass is 10.1. The topological polar surface area (TPSA) is 60.2 Å². The smallest absolute Gasteiger partial charge is 0.150 e. The zero-order valence-corrected chi connectivity index (χ0v) is 8.73. The van der Waals surface area contributed by atoms with Crippen LogP contribution in [-0.2, 0) is 9.84 Å². The zero-order valence-electron chi connectivity index (χ0n) is 7.91. The summed E-state index contributed by atoms with van der Waals surface area (Å²) < 4.78 is 22.1. The van der Waals surface area contributed by atoms with Crippen molar-refractivity contribution in [2.24, 2.45) is 5.73 Å². The Labute approximate surface area is 75.3 Å². The highest BCUT2D eigenvalue weighted by atomic mass is 32.2. The Bertz CT molecular complexity index is 199. The minimum atomic E-state index is -2.81. The van der Waals surface area contributed by atoms with Gasteiger partial charge >= 0.3 is 0 Å². The van der Waals surface area contributed by atoms with Crippen molar-refractivity contribution in [2.45, 2.75) is 39.2 Å². The lowest BCUT2D eigenvalue weighted by Gasteiger charge is -2.08. The summed E-state index contributed by atoms with van der Waals surface area (Å²) in [5.41, 5.74) is 5.68. The van der Waals surface area contributed by atoms with Gasteiger partial charge in [-0.05, 0) is 12.8 Å². The van der Waals surface area contributed by atoms with Gasteiger partial charge in [0.2, 0.25) is 0 Å². The Hall–Kier alpha value is -0.0900.